The molecule has 3 aromatic heterocycles. The van der Waals surface area contributed by atoms with Crippen LogP contribution in [0.3, 0.4) is 0 Å². The molecule has 1 fully saturated rings. The molecule has 130 valence electrons. The first-order valence-electron chi connectivity index (χ1n) is 8.65. The van der Waals surface area contributed by atoms with E-state index in [9.17, 15) is 0 Å². The molecule has 0 saturated heterocycles. The number of rotatable bonds is 8. The van der Waals surface area contributed by atoms with Crippen LogP contribution in [0.2, 0.25) is 0 Å². The molecule has 6 heteroatoms. The van der Waals surface area contributed by atoms with E-state index >= 15 is 0 Å². The molecule has 1 aliphatic rings. The molecule has 3 heterocycles. The summed E-state index contributed by atoms with van der Waals surface area (Å²) < 4.78 is 11.3. The summed E-state index contributed by atoms with van der Waals surface area (Å²) in [5, 5.41) is 10.6. The second-order valence-electron chi connectivity index (χ2n) is 6.54. The van der Waals surface area contributed by atoms with Crippen LogP contribution in [0.5, 0.6) is 5.88 Å². The van der Waals surface area contributed by atoms with E-state index in [2.05, 4.69) is 26.6 Å². The molecule has 2 N–H and O–H groups in total. The van der Waals surface area contributed by atoms with Crippen molar-refractivity contribution < 1.29 is 9.15 Å². The van der Waals surface area contributed by atoms with Gasteiger partial charge < -0.3 is 14.5 Å². The maximum absolute atomic E-state index is 5.67. The first-order valence-corrected chi connectivity index (χ1v) is 8.65. The Morgan fingerprint density at radius 1 is 1.20 bits per heavy atom. The molecule has 25 heavy (non-hydrogen) atoms. The topological polar surface area (TPSA) is 76.0 Å². The van der Waals surface area contributed by atoms with Crippen LogP contribution < -0.4 is 10.1 Å². The van der Waals surface area contributed by atoms with Crippen LogP contribution in [-0.2, 0) is 13.1 Å². The third-order valence-electron chi connectivity index (χ3n) is 4.31. The number of furan rings is 1. The fraction of sp³-hybridized carbons (Fsp3) is 0.368. The van der Waals surface area contributed by atoms with Crippen LogP contribution in [0, 0.1) is 12.8 Å². The maximum Gasteiger partial charge on any atom is 0.213 e. The van der Waals surface area contributed by atoms with Crippen LogP contribution in [0.15, 0.2) is 41.1 Å². The Balaban J connectivity index is 1.30. The van der Waals surface area contributed by atoms with E-state index in [1.165, 1.54) is 12.8 Å². The van der Waals surface area contributed by atoms with Crippen LogP contribution in [0.25, 0.3) is 11.5 Å². The van der Waals surface area contributed by atoms with Gasteiger partial charge in [0.2, 0.25) is 5.88 Å². The molecule has 0 aromatic carbocycles. The predicted molar refractivity (Wildman–Crippen MR) is 94.0 cm³/mol. The summed E-state index contributed by atoms with van der Waals surface area (Å²) in [6, 6.07) is 7.89. The van der Waals surface area contributed by atoms with E-state index < -0.39 is 0 Å². The van der Waals surface area contributed by atoms with Crippen LogP contribution in [0.1, 0.15) is 29.7 Å². The number of hydrogen-bond acceptors (Lipinski definition) is 5. The molecule has 0 unspecified atom stereocenters. The van der Waals surface area contributed by atoms with Crippen molar-refractivity contribution in [2.24, 2.45) is 5.92 Å². The summed E-state index contributed by atoms with van der Waals surface area (Å²) in [5.41, 5.74) is 3.12. The number of nitrogens with one attached hydrogen (secondary N) is 2. The van der Waals surface area contributed by atoms with E-state index in [-0.39, 0.29) is 0 Å². The number of pyridine rings is 1. The van der Waals surface area contributed by atoms with Gasteiger partial charge in [-0.2, -0.15) is 5.10 Å². The van der Waals surface area contributed by atoms with E-state index in [1.807, 2.05) is 37.5 Å². The van der Waals surface area contributed by atoms with Crippen molar-refractivity contribution in [3.05, 3.63) is 53.5 Å². The molecule has 0 bridgehead atoms. The predicted octanol–water partition coefficient (Wildman–Crippen LogP) is 3.45. The molecular weight excluding hydrogens is 316 g/mol. The Hall–Kier alpha value is -2.60. The molecular formula is C19H22N4O2. The lowest BCUT2D eigenvalue weighted by Gasteiger charge is -2.07. The number of ether oxygens (including phenoxy) is 1. The lowest BCUT2D eigenvalue weighted by Crippen LogP contribution is -2.13. The van der Waals surface area contributed by atoms with Gasteiger partial charge in [-0.1, -0.05) is 6.07 Å². The summed E-state index contributed by atoms with van der Waals surface area (Å²) in [6.45, 7) is 4.16. The largest absolute Gasteiger partial charge is 0.477 e. The Kier molecular flexibility index (Phi) is 4.52. The first-order chi connectivity index (χ1) is 12.3. The van der Waals surface area contributed by atoms with Gasteiger partial charge in [-0.25, -0.2) is 4.98 Å². The normalized spacial score (nSPS) is 14.0. The van der Waals surface area contributed by atoms with E-state index in [0.717, 1.165) is 47.4 Å². The highest BCUT2D eigenvalue weighted by atomic mass is 16.5. The van der Waals surface area contributed by atoms with Crippen molar-refractivity contribution in [1.82, 2.24) is 20.5 Å². The third-order valence-corrected chi connectivity index (χ3v) is 4.31. The molecule has 0 atom stereocenters. The quantitative estimate of drug-likeness (QED) is 0.658. The highest BCUT2D eigenvalue weighted by Gasteiger charge is 2.22. The van der Waals surface area contributed by atoms with Gasteiger partial charge in [0.25, 0.3) is 0 Å². The summed E-state index contributed by atoms with van der Waals surface area (Å²) in [5.74, 6) is 3.15. The average Bonchev–Trinajstić information content (AvgIpc) is 3.17. The van der Waals surface area contributed by atoms with Crippen molar-refractivity contribution in [3.8, 4) is 17.3 Å². The van der Waals surface area contributed by atoms with Crippen molar-refractivity contribution in [2.75, 3.05) is 6.61 Å². The number of H-pyrrole nitrogens is 1. The standard InChI is InChI=1S/C19H22N4O2/c1-13-2-6-17(25-13)19-16(11-22-23-19)10-20-8-15-5-7-18(21-9-15)24-12-14-3-4-14/h2,5-7,9,11,14,20H,3-4,8,10,12H2,1H3,(H,22,23). The minimum Gasteiger partial charge on any atom is -0.477 e. The van der Waals surface area contributed by atoms with Gasteiger partial charge in [0, 0.05) is 30.9 Å². The molecule has 0 amide bonds. The monoisotopic (exact) mass is 338 g/mol. The maximum atomic E-state index is 5.67. The second-order valence-corrected chi connectivity index (χ2v) is 6.54. The third kappa shape index (κ3) is 4.09. The summed E-state index contributed by atoms with van der Waals surface area (Å²) >= 11 is 0. The zero-order chi connectivity index (χ0) is 17.1. The van der Waals surface area contributed by atoms with Crippen molar-refractivity contribution in [1.29, 1.82) is 0 Å². The fourth-order valence-corrected chi connectivity index (χ4v) is 2.66. The Morgan fingerprint density at radius 3 is 2.84 bits per heavy atom. The van der Waals surface area contributed by atoms with E-state index in [4.69, 9.17) is 9.15 Å². The van der Waals surface area contributed by atoms with Crippen LogP contribution in [0.4, 0.5) is 0 Å². The lowest BCUT2D eigenvalue weighted by atomic mass is 10.2. The van der Waals surface area contributed by atoms with Gasteiger partial charge in [-0.05, 0) is 43.4 Å². The smallest absolute Gasteiger partial charge is 0.213 e. The van der Waals surface area contributed by atoms with Crippen LogP contribution in [-0.4, -0.2) is 21.8 Å². The van der Waals surface area contributed by atoms with Crippen molar-refractivity contribution >= 4 is 0 Å². The number of aryl methyl sites for hydroxylation is 1. The fourth-order valence-electron chi connectivity index (χ4n) is 2.66. The highest BCUT2D eigenvalue weighted by Crippen LogP contribution is 2.29. The zero-order valence-corrected chi connectivity index (χ0v) is 14.3. The van der Waals surface area contributed by atoms with E-state index in [0.29, 0.717) is 12.4 Å². The Labute approximate surface area is 146 Å². The Bertz CT molecular complexity index is 818. The minimum atomic E-state index is 0.700. The lowest BCUT2D eigenvalue weighted by molar-refractivity contribution is 0.288. The number of aromatic amines is 1. The molecule has 6 nitrogen and oxygen atoms in total. The molecule has 1 aliphatic carbocycles. The first kappa shape index (κ1) is 15.9. The van der Waals surface area contributed by atoms with Gasteiger partial charge in [-0.3, -0.25) is 5.10 Å². The zero-order valence-electron chi connectivity index (χ0n) is 14.3. The number of aromatic nitrogens is 3. The number of nitrogens with zero attached hydrogens (tertiary/aromatic N) is 2. The highest BCUT2D eigenvalue weighted by molar-refractivity contribution is 5.56. The second kappa shape index (κ2) is 7.11. The summed E-state index contributed by atoms with van der Waals surface area (Å²) in [4.78, 5) is 4.37. The molecule has 0 aliphatic heterocycles. The molecule has 4 rings (SSSR count). The van der Waals surface area contributed by atoms with Gasteiger partial charge in [0.1, 0.15) is 11.5 Å². The molecule has 1 saturated carbocycles. The van der Waals surface area contributed by atoms with E-state index in [1.54, 1.807) is 0 Å². The van der Waals surface area contributed by atoms with Gasteiger partial charge in [0.05, 0.1) is 12.8 Å². The van der Waals surface area contributed by atoms with Crippen molar-refractivity contribution in [3.63, 3.8) is 0 Å². The minimum absolute atomic E-state index is 0.700. The van der Waals surface area contributed by atoms with Gasteiger partial charge in [-0.15, -0.1) is 0 Å². The van der Waals surface area contributed by atoms with Crippen molar-refractivity contribution in [2.45, 2.75) is 32.9 Å². The summed E-state index contributed by atoms with van der Waals surface area (Å²) in [7, 11) is 0. The summed E-state index contributed by atoms with van der Waals surface area (Å²) in [6.07, 6.45) is 6.26. The van der Waals surface area contributed by atoms with Gasteiger partial charge in [0.15, 0.2) is 5.76 Å². The van der Waals surface area contributed by atoms with Crippen LogP contribution >= 0.6 is 0 Å². The SMILES string of the molecule is Cc1ccc(-c2[nH]ncc2CNCc2ccc(OCC3CC3)nc2)o1. The molecule has 0 radical (unpaired) electrons. The van der Waals surface area contributed by atoms with Gasteiger partial charge >= 0.3 is 0 Å². The average molecular weight is 338 g/mol. The molecule has 0 spiro atoms. The Morgan fingerprint density at radius 2 is 2.12 bits per heavy atom. The molecule has 3 aromatic rings. The number of hydrogen-bond donors (Lipinski definition) is 2.